The molecule has 0 spiro atoms. The van der Waals surface area contributed by atoms with Gasteiger partial charge in [0, 0.05) is 66.8 Å². The summed E-state index contributed by atoms with van der Waals surface area (Å²) in [5.41, 5.74) is 7.20. The summed E-state index contributed by atoms with van der Waals surface area (Å²) < 4.78 is 17.3. The van der Waals surface area contributed by atoms with Crippen LogP contribution in [0.1, 0.15) is 47.3 Å². The van der Waals surface area contributed by atoms with Gasteiger partial charge in [-0.2, -0.15) is 0 Å². The number of pyridine rings is 2. The molecular formula is C33H30FN5O. The monoisotopic (exact) mass is 531 g/mol. The van der Waals surface area contributed by atoms with Crippen LogP contribution in [-0.2, 0) is 6.42 Å². The van der Waals surface area contributed by atoms with Crippen molar-refractivity contribution in [3.63, 3.8) is 0 Å². The van der Waals surface area contributed by atoms with Crippen LogP contribution in [0.15, 0.2) is 85.5 Å². The number of nitrogens with zero attached hydrogens (tertiary/aromatic N) is 5. The molecule has 1 atom stereocenters. The van der Waals surface area contributed by atoms with Crippen LogP contribution in [0, 0.1) is 5.82 Å². The molecule has 5 heterocycles. The van der Waals surface area contributed by atoms with E-state index < -0.39 is 0 Å². The van der Waals surface area contributed by atoms with Gasteiger partial charge >= 0.3 is 0 Å². The third-order valence-corrected chi connectivity index (χ3v) is 8.33. The van der Waals surface area contributed by atoms with Crippen molar-refractivity contribution in [1.82, 2.24) is 19.3 Å². The molecule has 6 nitrogen and oxygen atoms in total. The molecule has 2 aliphatic heterocycles. The first-order chi connectivity index (χ1) is 19.6. The molecule has 0 saturated carbocycles. The Labute approximate surface area is 232 Å². The van der Waals surface area contributed by atoms with Crippen molar-refractivity contribution < 1.29 is 9.18 Å². The maximum absolute atomic E-state index is 15.4. The van der Waals surface area contributed by atoms with Gasteiger partial charge in [-0.25, -0.2) is 9.37 Å². The van der Waals surface area contributed by atoms with Gasteiger partial charge in [-0.15, -0.1) is 0 Å². The highest BCUT2D eigenvalue weighted by Crippen LogP contribution is 2.34. The van der Waals surface area contributed by atoms with Crippen LogP contribution >= 0.6 is 0 Å². The number of aromatic nitrogens is 3. The van der Waals surface area contributed by atoms with Crippen LogP contribution in [0.2, 0.25) is 0 Å². The second-order valence-electron chi connectivity index (χ2n) is 10.7. The van der Waals surface area contributed by atoms with E-state index in [1.54, 1.807) is 18.5 Å². The van der Waals surface area contributed by atoms with E-state index in [-0.39, 0.29) is 17.8 Å². The average molecular weight is 532 g/mol. The van der Waals surface area contributed by atoms with Crippen LogP contribution < -0.4 is 4.90 Å². The Bertz CT molecular complexity index is 1720. The van der Waals surface area contributed by atoms with Gasteiger partial charge in [0.2, 0.25) is 0 Å². The number of imidazole rings is 1. The Hall–Kier alpha value is -4.52. The summed E-state index contributed by atoms with van der Waals surface area (Å²) in [6.45, 7) is 4.65. The SMILES string of the molecule is C[C@@H]1c2ccccc2CCN1C(=O)c1cc(-c2cccnc2)c2nc(-c3ccc(N4CCCC4)cc3F)cn2c1. The zero-order valence-corrected chi connectivity index (χ0v) is 22.4. The maximum atomic E-state index is 15.4. The van der Waals surface area contributed by atoms with Gasteiger partial charge in [-0.3, -0.25) is 9.78 Å². The Morgan fingerprint density at radius 1 is 0.950 bits per heavy atom. The molecule has 200 valence electrons. The fourth-order valence-corrected chi connectivity index (χ4v) is 6.18. The first-order valence-electron chi connectivity index (χ1n) is 13.9. The molecule has 0 radical (unpaired) electrons. The lowest BCUT2D eigenvalue weighted by molar-refractivity contribution is 0.0677. The van der Waals surface area contributed by atoms with Gasteiger partial charge in [0.05, 0.1) is 17.3 Å². The topological polar surface area (TPSA) is 53.7 Å². The third-order valence-electron chi connectivity index (χ3n) is 8.33. The molecule has 0 aliphatic carbocycles. The summed E-state index contributed by atoms with van der Waals surface area (Å²) in [4.78, 5) is 27.3. The number of fused-ring (bicyclic) bond motifs is 2. The first kappa shape index (κ1) is 24.5. The highest BCUT2D eigenvalue weighted by Gasteiger charge is 2.29. The second-order valence-corrected chi connectivity index (χ2v) is 10.7. The molecule has 1 fully saturated rings. The standard InChI is InChI=1S/C33H30FN5O/c1-22-27-9-3-2-7-23(27)12-16-39(22)33(40)25-17-29(24-8-6-13-35-19-24)32-36-31(21-38(32)20-25)28-11-10-26(18-30(28)34)37-14-4-5-15-37/h2-3,6-11,13,17-22H,4-5,12,14-16H2,1H3/t22-/m1/s1. The molecule has 5 aromatic rings. The van der Waals surface area contributed by atoms with E-state index in [0.29, 0.717) is 29.0 Å². The van der Waals surface area contributed by atoms with Crippen LogP contribution in [0.3, 0.4) is 0 Å². The van der Waals surface area contributed by atoms with E-state index >= 15 is 4.39 Å². The van der Waals surface area contributed by atoms with Crippen LogP contribution in [0.4, 0.5) is 10.1 Å². The largest absolute Gasteiger partial charge is 0.371 e. The molecular weight excluding hydrogens is 501 g/mol. The van der Waals surface area contributed by atoms with Crippen molar-refractivity contribution in [3.05, 3.63) is 108 Å². The molecule has 1 saturated heterocycles. The van der Waals surface area contributed by atoms with Crippen molar-refractivity contribution in [1.29, 1.82) is 0 Å². The summed E-state index contributed by atoms with van der Waals surface area (Å²) in [5.74, 6) is -0.335. The highest BCUT2D eigenvalue weighted by molar-refractivity contribution is 5.97. The number of rotatable bonds is 4. The molecule has 3 aromatic heterocycles. The lowest BCUT2D eigenvalue weighted by Gasteiger charge is -2.35. The fourth-order valence-electron chi connectivity index (χ4n) is 6.18. The minimum absolute atomic E-state index is 0.0310. The Kier molecular flexibility index (Phi) is 6.07. The van der Waals surface area contributed by atoms with Crippen LogP contribution in [0.25, 0.3) is 28.0 Å². The quantitative estimate of drug-likeness (QED) is 0.264. The Balaban J connectivity index is 1.30. The molecule has 1 amide bonds. The Morgan fingerprint density at radius 3 is 2.60 bits per heavy atom. The molecule has 40 heavy (non-hydrogen) atoms. The fraction of sp³-hybridized carbons (Fsp3) is 0.242. The normalized spacial score (nSPS) is 16.9. The predicted octanol–water partition coefficient (Wildman–Crippen LogP) is 6.56. The molecule has 2 aliphatic rings. The van der Waals surface area contributed by atoms with Gasteiger partial charge in [-0.1, -0.05) is 30.3 Å². The van der Waals surface area contributed by atoms with Gasteiger partial charge < -0.3 is 14.2 Å². The van der Waals surface area contributed by atoms with Crippen molar-refractivity contribution in [2.45, 2.75) is 32.2 Å². The minimum atomic E-state index is -0.298. The van der Waals surface area contributed by atoms with Crippen LogP contribution in [0.5, 0.6) is 0 Å². The van der Waals surface area contributed by atoms with E-state index in [2.05, 4.69) is 35.0 Å². The molecule has 7 heteroatoms. The minimum Gasteiger partial charge on any atom is -0.371 e. The lowest BCUT2D eigenvalue weighted by Crippen LogP contribution is -2.38. The number of hydrogen-bond donors (Lipinski definition) is 0. The molecule has 0 bridgehead atoms. The zero-order valence-electron chi connectivity index (χ0n) is 22.4. The summed E-state index contributed by atoms with van der Waals surface area (Å²) in [7, 11) is 0. The van der Waals surface area contributed by atoms with E-state index in [1.807, 2.05) is 58.1 Å². The average Bonchev–Trinajstić information content (AvgIpc) is 3.68. The molecule has 0 unspecified atom stereocenters. The smallest absolute Gasteiger partial charge is 0.255 e. The number of carbonyl (C=O) groups is 1. The highest BCUT2D eigenvalue weighted by atomic mass is 19.1. The third kappa shape index (κ3) is 4.22. The van der Waals surface area contributed by atoms with E-state index in [1.165, 1.54) is 11.1 Å². The van der Waals surface area contributed by atoms with Gasteiger partial charge in [0.25, 0.3) is 5.91 Å². The Morgan fingerprint density at radius 2 is 1.80 bits per heavy atom. The van der Waals surface area contributed by atoms with Gasteiger partial charge in [-0.05, 0) is 67.6 Å². The summed E-state index contributed by atoms with van der Waals surface area (Å²) in [6, 6.07) is 19.4. The van der Waals surface area contributed by atoms with Crippen LogP contribution in [-0.4, -0.2) is 44.8 Å². The van der Waals surface area contributed by atoms with E-state index in [9.17, 15) is 4.79 Å². The second kappa shape index (κ2) is 9.90. The lowest BCUT2D eigenvalue weighted by atomic mass is 9.93. The molecule has 2 aromatic carbocycles. The number of amides is 1. The number of anilines is 1. The van der Waals surface area contributed by atoms with E-state index in [4.69, 9.17) is 4.98 Å². The number of hydrogen-bond acceptors (Lipinski definition) is 4. The van der Waals surface area contributed by atoms with E-state index in [0.717, 1.165) is 49.2 Å². The number of halogens is 1. The number of benzene rings is 2. The summed E-state index contributed by atoms with van der Waals surface area (Å²) >= 11 is 0. The summed E-state index contributed by atoms with van der Waals surface area (Å²) in [6.07, 6.45) is 10.2. The molecule has 0 N–H and O–H groups in total. The first-order valence-corrected chi connectivity index (χ1v) is 13.9. The van der Waals surface area contributed by atoms with Crippen molar-refractivity contribution >= 4 is 17.2 Å². The predicted molar refractivity (Wildman–Crippen MR) is 155 cm³/mol. The van der Waals surface area contributed by atoms with Gasteiger partial charge in [0.1, 0.15) is 11.5 Å². The zero-order chi connectivity index (χ0) is 27.2. The van der Waals surface area contributed by atoms with Gasteiger partial charge in [0.15, 0.2) is 0 Å². The molecule has 7 rings (SSSR count). The van der Waals surface area contributed by atoms with Crippen molar-refractivity contribution in [3.8, 4) is 22.4 Å². The number of carbonyl (C=O) groups excluding carboxylic acids is 1. The van der Waals surface area contributed by atoms with Crippen molar-refractivity contribution in [2.24, 2.45) is 0 Å². The maximum Gasteiger partial charge on any atom is 0.255 e. The van der Waals surface area contributed by atoms with Crippen molar-refractivity contribution in [2.75, 3.05) is 24.5 Å². The summed E-state index contributed by atoms with van der Waals surface area (Å²) in [5, 5.41) is 0.